The standard InChI is InChI=1S/C20H29NOS/c1-15(2)17-8-10-18(11-9-17)20-21(13-14-23-20)19(22)12-7-16-5-3-4-6-16/h8-11,15-16,20H,3-7,12-14H2,1-2H3/t20-/m1/s1. The zero-order chi connectivity index (χ0) is 16.2. The third kappa shape index (κ3) is 4.12. The van der Waals surface area contributed by atoms with Gasteiger partial charge in [-0.05, 0) is 29.4 Å². The number of benzene rings is 1. The minimum absolute atomic E-state index is 0.229. The molecule has 1 aromatic carbocycles. The minimum Gasteiger partial charge on any atom is -0.326 e. The first-order valence-corrected chi connectivity index (χ1v) is 10.2. The summed E-state index contributed by atoms with van der Waals surface area (Å²) in [7, 11) is 0. The first-order valence-electron chi connectivity index (χ1n) is 9.16. The SMILES string of the molecule is CC(C)c1ccc([C@H]2SCCN2C(=O)CCC2CCCC2)cc1. The third-order valence-electron chi connectivity index (χ3n) is 5.34. The van der Waals surface area contributed by atoms with E-state index in [1.807, 2.05) is 11.8 Å². The van der Waals surface area contributed by atoms with Gasteiger partial charge in [-0.25, -0.2) is 0 Å². The Morgan fingerprint density at radius 1 is 1.22 bits per heavy atom. The Morgan fingerprint density at radius 3 is 2.57 bits per heavy atom. The van der Waals surface area contributed by atoms with Crippen molar-refractivity contribution in [1.29, 1.82) is 0 Å². The lowest BCUT2D eigenvalue weighted by Crippen LogP contribution is -2.30. The van der Waals surface area contributed by atoms with Crippen LogP contribution in [0.2, 0.25) is 0 Å². The molecule has 0 unspecified atom stereocenters. The molecule has 0 N–H and O–H groups in total. The van der Waals surface area contributed by atoms with E-state index in [-0.39, 0.29) is 5.37 Å². The molecule has 2 nitrogen and oxygen atoms in total. The lowest BCUT2D eigenvalue weighted by atomic mass is 10.0. The monoisotopic (exact) mass is 331 g/mol. The van der Waals surface area contributed by atoms with E-state index >= 15 is 0 Å². The summed E-state index contributed by atoms with van der Waals surface area (Å²) < 4.78 is 0. The van der Waals surface area contributed by atoms with Gasteiger partial charge in [0.05, 0.1) is 0 Å². The van der Waals surface area contributed by atoms with E-state index in [9.17, 15) is 4.79 Å². The summed E-state index contributed by atoms with van der Waals surface area (Å²) in [4.78, 5) is 14.8. The number of nitrogens with zero attached hydrogens (tertiary/aromatic N) is 1. The average Bonchev–Trinajstić information content (AvgIpc) is 3.24. The van der Waals surface area contributed by atoms with E-state index in [2.05, 4.69) is 43.0 Å². The molecule has 3 heteroatoms. The quantitative estimate of drug-likeness (QED) is 0.724. The van der Waals surface area contributed by atoms with Crippen LogP contribution in [0.1, 0.15) is 74.8 Å². The van der Waals surface area contributed by atoms with Crippen LogP contribution in [0, 0.1) is 5.92 Å². The second kappa shape index (κ2) is 7.74. The van der Waals surface area contributed by atoms with Gasteiger partial charge in [-0.2, -0.15) is 0 Å². The molecule has 23 heavy (non-hydrogen) atoms. The number of carbonyl (C=O) groups excluding carboxylic acids is 1. The molecule has 1 aliphatic heterocycles. The topological polar surface area (TPSA) is 20.3 Å². The van der Waals surface area contributed by atoms with Crippen molar-refractivity contribution < 1.29 is 4.79 Å². The number of hydrogen-bond acceptors (Lipinski definition) is 2. The van der Waals surface area contributed by atoms with E-state index in [0.717, 1.165) is 31.1 Å². The summed E-state index contributed by atoms with van der Waals surface area (Å²) in [6.07, 6.45) is 7.24. The molecule has 0 spiro atoms. The molecule has 0 bridgehead atoms. The summed E-state index contributed by atoms with van der Waals surface area (Å²) in [5, 5.41) is 0.229. The molecule has 126 valence electrons. The molecule has 1 heterocycles. The van der Waals surface area contributed by atoms with Gasteiger partial charge in [-0.3, -0.25) is 4.79 Å². The van der Waals surface area contributed by atoms with Crippen molar-refractivity contribution in [2.75, 3.05) is 12.3 Å². The van der Waals surface area contributed by atoms with Crippen molar-refractivity contribution in [2.45, 2.75) is 63.7 Å². The van der Waals surface area contributed by atoms with Gasteiger partial charge in [0.1, 0.15) is 5.37 Å². The van der Waals surface area contributed by atoms with Gasteiger partial charge in [-0.15, -0.1) is 11.8 Å². The van der Waals surface area contributed by atoms with Crippen LogP contribution in [0.3, 0.4) is 0 Å². The van der Waals surface area contributed by atoms with Gasteiger partial charge in [0.15, 0.2) is 0 Å². The summed E-state index contributed by atoms with van der Waals surface area (Å²) in [5.74, 6) is 2.79. The van der Waals surface area contributed by atoms with E-state index in [1.165, 1.54) is 36.8 Å². The fourth-order valence-electron chi connectivity index (χ4n) is 3.82. The summed E-state index contributed by atoms with van der Waals surface area (Å²) in [6, 6.07) is 8.88. The van der Waals surface area contributed by atoms with Crippen LogP contribution in [0.15, 0.2) is 24.3 Å². The first kappa shape index (κ1) is 16.9. The maximum Gasteiger partial charge on any atom is 0.223 e. The molecular formula is C20H29NOS. The molecule has 2 fully saturated rings. The number of carbonyl (C=O) groups is 1. The number of rotatable bonds is 5. The fourth-order valence-corrected chi connectivity index (χ4v) is 5.10. The molecule has 1 atom stereocenters. The normalized spacial score (nSPS) is 22.2. The van der Waals surface area contributed by atoms with Gasteiger partial charge < -0.3 is 4.90 Å². The minimum atomic E-state index is 0.229. The zero-order valence-electron chi connectivity index (χ0n) is 14.5. The summed E-state index contributed by atoms with van der Waals surface area (Å²) in [5.41, 5.74) is 2.65. The largest absolute Gasteiger partial charge is 0.326 e. The Morgan fingerprint density at radius 2 is 1.91 bits per heavy atom. The Balaban J connectivity index is 1.61. The number of amides is 1. The Bertz CT molecular complexity index is 519. The van der Waals surface area contributed by atoms with Gasteiger partial charge in [-0.1, -0.05) is 63.8 Å². The van der Waals surface area contributed by atoms with Crippen LogP contribution >= 0.6 is 11.8 Å². The Kier molecular flexibility index (Phi) is 5.68. The van der Waals surface area contributed by atoms with E-state index < -0.39 is 0 Å². The highest BCUT2D eigenvalue weighted by Crippen LogP contribution is 2.39. The van der Waals surface area contributed by atoms with E-state index in [4.69, 9.17) is 0 Å². The van der Waals surface area contributed by atoms with Gasteiger partial charge in [0.2, 0.25) is 5.91 Å². The molecule has 1 aromatic rings. The van der Waals surface area contributed by atoms with Crippen molar-refractivity contribution in [3.8, 4) is 0 Å². The van der Waals surface area contributed by atoms with E-state index in [0.29, 0.717) is 11.8 Å². The summed E-state index contributed by atoms with van der Waals surface area (Å²) in [6.45, 7) is 5.35. The second-order valence-corrected chi connectivity index (χ2v) is 8.51. The van der Waals surface area contributed by atoms with Crippen LogP contribution in [-0.4, -0.2) is 23.1 Å². The molecule has 0 radical (unpaired) electrons. The first-order chi connectivity index (χ1) is 11.1. The van der Waals surface area contributed by atoms with Crippen molar-refractivity contribution in [1.82, 2.24) is 4.90 Å². The maximum absolute atomic E-state index is 12.7. The highest BCUT2D eigenvalue weighted by molar-refractivity contribution is 7.99. The molecular weight excluding hydrogens is 302 g/mol. The molecule has 1 aliphatic carbocycles. The molecule has 0 aromatic heterocycles. The highest BCUT2D eigenvalue weighted by Gasteiger charge is 2.30. The summed E-state index contributed by atoms with van der Waals surface area (Å²) >= 11 is 1.91. The lowest BCUT2D eigenvalue weighted by molar-refractivity contribution is -0.131. The van der Waals surface area contributed by atoms with Crippen LogP contribution in [-0.2, 0) is 4.79 Å². The van der Waals surface area contributed by atoms with Gasteiger partial charge in [0.25, 0.3) is 0 Å². The van der Waals surface area contributed by atoms with Crippen molar-refractivity contribution in [3.63, 3.8) is 0 Å². The molecule has 1 saturated carbocycles. The number of hydrogen-bond donors (Lipinski definition) is 0. The third-order valence-corrected chi connectivity index (χ3v) is 6.60. The molecule has 1 amide bonds. The Hall–Kier alpha value is -0.960. The Labute approximate surface area is 145 Å². The van der Waals surface area contributed by atoms with Crippen molar-refractivity contribution in [2.24, 2.45) is 5.92 Å². The van der Waals surface area contributed by atoms with Gasteiger partial charge >= 0.3 is 0 Å². The predicted molar refractivity (Wildman–Crippen MR) is 98.6 cm³/mol. The molecule has 3 rings (SSSR count). The average molecular weight is 332 g/mol. The van der Waals surface area contributed by atoms with E-state index in [1.54, 1.807) is 0 Å². The van der Waals surface area contributed by atoms with Crippen molar-refractivity contribution in [3.05, 3.63) is 35.4 Å². The van der Waals surface area contributed by atoms with Crippen LogP contribution in [0.4, 0.5) is 0 Å². The number of thioether (sulfide) groups is 1. The van der Waals surface area contributed by atoms with Crippen LogP contribution in [0.25, 0.3) is 0 Å². The maximum atomic E-state index is 12.7. The highest BCUT2D eigenvalue weighted by atomic mass is 32.2. The lowest BCUT2D eigenvalue weighted by Gasteiger charge is -2.25. The van der Waals surface area contributed by atoms with Crippen LogP contribution < -0.4 is 0 Å². The van der Waals surface area contributed by atoms with Gasteiger partial charge in [0, 0.05) is 18.7 Å². The fraction of sp³-hybridized carbons (Fsp3) is 0.650. The smallest absolute Gasteiger partial charge is 0.223 e. The predicted octanol–water partition coefficient (Wildman–Crippen LogP) is 5.35. The molecule has 2 aliphatic rings. The second-order valence-electron chi connectivity index (χ2n) is 7.32. The van der Waals surface area contributed by atoms with Crippen molar-refractivity contribution >= 4 is 17.7 Å². The van der Waals surface area contributed by atoms with Crippen LogP contribution in [0.5, 0.6) is 0 Å². The zero-order valence-corrected chi connectivity index (χ0v) is 15.3. The molecule has 1 saturated heterocycles.